The number of hydrogen-bond acceptors (Lipinski definition) is 3. The molecule has 0 aromatic heterocycles. The first kappa shape index (κ1) is 10.2. The monoisotopic (exact) mass is 218 g/mol. The van der Waals surface area contributed by atoms with Gasteiger partial charge in [-0.05, 0) is 18.2 Å². The summed E-state index contributed by atoms with van der Waals surface area (Å²) in [6, 6.07) is 4.34. The van der Waals surface area contributed by atoms with Gasteiger partial charge < -0.3 is 4.74 Å². The second-order valence-corrected chi connectivity index (χ2v) is 4.36. The number of sulfonamides is 1. The number of rotatable bonds is 2. The van der Waals surface area contributed by atoms with E-state index >= 15 is 0 Å². The van der Waals surface area contributed by atoms with Crippen LogP contribution in [0.15, 0.2) is 28.0 Å². The lowest BCUT2D eigenvalue weighted by atomic mass is 10.3. The molecule has 1 rings (SSSR count). The van der Waals surface area contributed by atoms with Crippen LogP contribution in [0, 0.1) is 0 Å². The van der Waals surface area contributed by atoms with Crippen LogP contribution in [-0.2, 0) is 10.0 Å². The van der Waals surface area contributed by atoms with Gasteiger partial charge in [-0.2, -0.15) is 0 Å². The van der Waals surface area contributed by atoms with Crippen molar-refractivity contribution in [2.45, 2.75) is 9.79 Å². The lowest BCUT2D eigenvalue weighted by Crippen LogP contribution is -2.13. The molecule has 1 aromatic rings. The first-order valence-corrected chi connectivity index (χ1v) is 5.28. The minimum atomic E-state index is -3.76. The fourth-order valence-corrected chi connectivity index (χ4v) is 1.86. The number of benzene rings is 1. The highest BCUT2D eigenvalue weighted by Crippen LogP contribution is 2.24. The molecular formula is C7H8NO3S2. The van der Waals surface area contributed by atoms with E-state index in [0.717, 1.165) is 0 Å². The van der Waals surface area contributed by atoms with Gasteiger partial charge in [0.05, 0.1) is 7.11 Å². The highest BCUT2D eigenvalue weighted by Gasteiger charge is 2.14. The summed E-state index contributed by atoms with van der Waals surface area (Å²) in [5, 5.41) is 4.95. The second-order valence-electron chi connectivity index (χ2n) is 2.36. The standard InChI is InChI=1S/C7H8NO3S2/c1-11-6-3-2-5(12)4-7(6)13(8,9)10/h2-4H,1H3,(H2,8,9,10). The van der Waals surface area contributed by atoms with Crippen LogP contribution in [0.1, 0.15) is 0 Å². The average molecular weight is 218 g/mol. The van der Waals surface area contributed by atoms with Gasteiger partial charge >= 0.3 is 0 Å². The predicted molar refractivity (Wildman–Crippen MR) is 50.2 cm³/mol. The van der Waals surface area contributed by atoms with Crippen LogP contribution in [0.5, 0.6) is 5.75 Å². The van der Waals surface area contributed by atoms with Gasteiger partial charge in [-0.25, -0.2) is 13.6 Å². The zero-order valence-electron chi connectivity index (χ0n) is 6.85. The van der Waals surface area contributed by atoms with E-state index in [2.05, 4.69) is 0 Å². The Kier molecular flexibility index (Phi) is 2.74. The third-order valence-electron chi connectivity index (χ3n) is 1.44. The van der Waals surface area contributed by atoms with Crippen LogP contribution < -0.4 is 9.88 Å². The summed E-state index contributed by atoms with van der Waals surface area (Å²) in [6.45, 7) is 0. The first-order chi connectivity index (χ1) is 5.95. The van der Waals surface area contributed by atoms with E-state index in [0.29, 0.717) is 4.90 Å². The molecule has 0 unspecified atom stereocenters. The molecule has 0 aliphatic heterocycles. The molecule has 1 radical (unpaired) electrons. The molecule has 0 bridgehead atoms. The largest absolute Gasteiger partial charge is 0.495 e. The summed E-state index contributed by atoms with van der Waals surface area (Å²) in [7, 11) is -2.39. The van der Waals surface area contributed by atoms with Crippen molar-refractivity contribution in [3.8, 4) is 5.75 Å². The van der Waals surface area contributed by atoms with Crippen LogP contribution in [-0.4, -0.2) is 15.5 Å². The predicted octanol–water partition coefficient (Wildman–Crippen LogP) is 0.899. The maximum Gasteiger partial charge on any atom is 0.241 e. The van der Waals surface area contributed by atoms with Crippen LogP contribution in [0.25, 0.3) is 0 Å². The molecule has 13 heavy (non-hydrogen) atoms. The highest BCUT2D eigenvalue weighted by molar-refractivity contribution is 7.89. The van der Waals surface area contributed by atoms with Gasteiger partial charge in [0.15, 0.2) is 0 Å². The first-order valence-electron chi connectivity index (χ1n) is 3.33. The minimum Gasteiger partial charge on any atom is -0.495 e. The average Bonchev–Trinajstić information content (AvgIpc) is 2.03. The van der Waals surface area contributed by atoms with E-state index in [9.17, 15) is 8.42 Å². The Morgan fingerprint density at radius 2 is 2.08 bits per heavy atom. The molecule has 1 aromatic carbocycles. The van der Waals surface area contributed by atoms with E-state index in [1.54, 1.807) is 6.07 Å². The van der Waals surface area contributed by atoms with E-state index in [1.165, 1.54) is 19.2 Å². The molecule has 0 spiro atoms. The smallest absolute Gasteiger partial charge is 0.241 e. The van der Waals surface area contributed by atoms with Gasteiger partial charge in [0, 0.05) is 4.90 Å². The van der Waals surface area contributed by atoms with Crippen molar-refractivity contribution in [3.05, 3.63) is 18.2 Å². The SMILES string of the molecule is COc1ccc([S])cc1S(N)(=O)=O. The van der Waals surface area contributed by atoms with Crippen LogP contribution in [0.2, 0.25) is 0 Å². The van der Waals surface area contributed by atoms with E-state index in [-0.39, 0.29) is 10.6 Å². The molecule has 0 heterocycles. The van der Waals surface area contributed by atoms with Crippen LogP contribution in [0.3, 0.4) is 0 Å². The number of primary sulfonamides is 1. The fourth-order valence-electron chi connectivity index (χ4n) is 0.879. The van der Waals surface area contributed by atoms with Gasteiger partial charge in [-0.15, -0.1) is 0 Å². The van der Waals surface area contributed by atoms with Gasteiger partial charge in [-0.3, -0.25) is 0 Å². The summed E-state index contributed by atoms with van der Waals surface area (Å²) in [5.41, 5.74) is 0. The van der Waals surface area contributed by atoms with E-state index in [4.69, 9.17) is 22.5 Å². The molecule has 71 valence electrons. The lowest BCUT2D eigenvalue weighted by Gasteiger charge is -2.05. The third-order valence-corrected chi connectivity index (χ3v) is 2.63. The summed E-state index contributed by atoms with van der Waals surface area (Å²) >= 11 is 4.80. The molecule has 4 nitrogen and oxygen atoms in total. The zero-order valence-corrected chi connectivity index (χ0v) is 8.48. The molecular weight excluding hydrogens is 210 g/mol. The molecule has 0 amide bonds. The van der Waals surface area contributed by atoms with Crippen molar-refractivity contribution < 1.29 is 13.2 Å². The van der Waals surface area contributed by atoms with Crippen molar-refractivity contribution in [2.75, 3.05) is 7.11 Å². The van der Waals surface area contributed by atoms with Crippen molar-refractivity contribution in [2.24, 2.45) is 5.14 Å². The van der Waals surface area contributed by atoms with Crippen molar-refractivity contribution in [1.29, 1.82) is 0 Å². The Balaban J connectivity index is 3.41. The van der Waals surface area contributed by atoms with Crippen molar-refractivity contribution in [3.63, 3.8) is 0 Å². The number of hydrogen-bond donors (Lipinski definition) is 1. The summed E-state index contributed by atoms with van der Waals surface area (Å²) in [6.07, 6.45) is 0. The van der Waals surface area contributed by atoms with Crippen LogP contribution in [0.4, 0.5) is 0 Å². The van der Waals surface area contributed by atoms with E-state index < -0.39 is 10.0 Å². The summed E-state index contributed by atoms with van der Waals surface area (Å²) in [5.74, 6) is 0.205. The minimum absolute atomic E-state index is 0.0810. The quantitative estimate of drug-likeness (QED) is 0.801. The normalized spacial score (nSPS) is 11.2. The molecule has 0 fully saturated rings. The molecule has 0 saturated carbocycles. The molecule has 0 saturated heterocycles. The van der Waals surface area contributed by atoms with Gasteiger partial charge in [-0.1, -0.05) is 12.6 Å². The molecule has 6 heteroatoms. The Hall–Kier alpha value is -0.850. The van der Waals surface area contributed by atoms with E-state index in [1.807, 2.05) is 0 Å². The van der Waals surface area contributed by atoms with Crippen LogP contribution >= 0.6 is 12.6 Å². The highest BCUT2D eigenvalue weighted by atomic mass is 32.2. The molecule has 2 N–H and O–H groups in total. The molecule has 0 aliphatic rings. The molecule has 0 aliphatic carbocycles. The summed E-state index contributed by atoms with van der Waals surface area (Å²) in [4.78, 5) is 0.326. The topological polar surface area (TPSA) is 69.4 Å². The van der Waals surface area contributed by atoms with Gasteiger partial charge in [0.25, 0.3) is 0 Å². The zero-order chi connectivity index (χ0) is 10.1. The van der Waals surface area contributed by atoms with Gasteiger partial charge in [0.2, 0.25) is 10.0 Å². The number of nitrogens with two attached hydrogens (primary N) is 1. The maximum atomic E-state index is 11.0. The summed E-state index contributed by atoms with van der Waals surface area (Å²) < 4.78 is 26.9. The fraction of sp³-hybridized carbons (Fsp3) is 0.143. The Labute approximate surface area is 82.2 Å². The number of methoxy groups -OCH3 is 1. The Morgan fingerprint density at radius 1 is 1.46 bits per heavy atom. The maximum absolute atomic E-state index is 11.0. The second kappa shape index (κ2) is 3.49. The Bertz CT molecular complexity index is 414. The molecule has 0 atom stereocenters. The van der Waals surface area contributed by atoms with Crippen molar-refractivity contribution in [1.82, 2.24) is 0 Å². The Morgan fingerprint density at radius 3 is 2.54 bits per heavy atom. The lowest BCUT2D eigenvalue weighted by molar-refractivity contribution is 0.402. The van der Waals surface area contributed by atoms with Gasteiger partial charge in [0.1, 0.15) is 10.6 Å². The number of ether oxygens (including phenoxy) is 1. The third kappa shape index (κ3) is 2.30. The van der Waals surface area contributed by atoms with Crippen molar-refractivity contribution >= 4 is 22.7 Å².